The summed E-state index contributed by atoms with van der Waals surface area (Å²) in [5.41, 5.74) is 0. The highest BCUT2D eigenvalue weighted by Gasteiger charge is 2.22. The standard InChI is InChI=1S/C13H27N3.2C2H6/c1-3-15-6-4-13(5-7-15)12-16-10-8-14(2)9-11-16;2*1-2/h13H,3-12H2,1-2H3;2*1-2H3. The van der Waals surface area contributed by atoms with Crippen LogP contribution in [0.2, 0.25) is 0 Å². The largest absolute Gasteiger partial charge is 0.304 e. The van der Waals surface area contributed by atoms with Crippen LogP contribution in [0.4, 0.5) is 0 Å². The number of likely N-dealkylation sites (tertiary alicyclic amines) is 1. The molecule has 0 aliphatic carbocycles. The molecule has 0 N–H and O–H groups in total. The Labute approximate surface area is 128 Å². The third kappa shape index (κ3) is 7.61. The van der Waals surface area contributed by atoms with Gasteiger partial charge in [0.1, 0.15) is 0 Å². The van der Waals surface area contributed by atoms with Gasteiger partial charge < -0.3 is 14.7 Å². The fraction of sp³-hybridized carbons (Fsp3) is 1.00. The lowest BCUT2D eigenvalue weighted by Crippen LogP contribution is -2.47. The Morgan fingerprint density at radius 3 is 1.70 bits per heavy atom. The molecular formula is C17H39N3. The molecular weight excluding hydrogens is 246 g/mol. The molecule has 2 rings (SSSR count). The summed E-state index contributed by atoms with van der Waals surface area (Å²) < 4.78 is 0. The van der Waals surface area contributed by atoms with E-state index >= 15 is 0 Å². The van der Waals surface area contributed by atoms with Crippen LogP contribution in [0.15, 0.2) is 0 Å². The van der Waals surface area contributed by atoms with Gasteiger partial charge in [-0.15, -0.1) is 0 Å². The summed E-state index contributed by atoms with van der Waals surface area (Å²) >= 11 is 0. The zero-order valence-corrected chi connectivity index (χ0v) is 15.0. The van der Waals surface area contributed by atoms with Gasteiger partial charge in [-0.1, -0.05) is 34.6 Å². The molecule has 3 heteroatoms. The summed E-state index contributed by atoms with van der Waals surface area (Å²) in [7, 11) is 2.23. The molecule has 20 heavy (non-hydrogen) atoms. The molecule has 0 unspecified atom stereocenters. The van der Waals surface area contributed by atoms with E-state index in [0.717, 1.165) is 5.92 Å². The predicted molar refractivity (Wildman–Crippen MR) is 91.5 cm³/mol. The lowest BCUT2D eigenvalue weighted by atomic mass is 9.96. The Balaban J connectivity index is 0.000000829. The van der Waals surface area contributed by atoms with Gasteiger partial charge in [0.15, 0.2) is 0 Å². The fourth-order valence-corrected chi connectivity index (χ4v) is 2.88. The minimum atomic E-state index is 0.964. The van der Waals surface area contributed by atoms with Gasteiger partial charge in [0.25, 0.3) is 0 Å². The second-order valence-corrected chi connectivity index (χ2v) is 5.48. The van der Waals surface area contributed by atoms with Crippen LogP contribution in [0.25, 0.3) is 0 Å². The monoisotopic (exact) mass is 285 g/mol. The molecule has 0 amide bonds. The van der Waals surface area contributed by atoms with E-state index in [1.807, 2.05) is 27.7 Å². The maximum Gasteiger partial charge on any atom is 0.0110 e. The highest BCUT2D eigenvalue weighted by Crippen LogP contribution is 2.18. The zero-order valence-electron chi connectivity index (χ0n) is 15.0. The third-order valence-corrected chi connectivity index (χ3v) is 4.27. The van der Waals surface area contributed by atoms with Crippen LogP contribution in [-0.4, -0.2) is 74.1 Å². The van der Waals surface area contributed by atoms with Crippen LogP contribution < -0.4 is 0 Å². The molecule has 0 radical (unpaired) electrons. The van der Waals surface area contributed by atoms with Crippen molar-refractivity contribution in [2.24, 2.45) is 5.92 Å². The second-order valence-electron chi connectivity index (χ2n) is 5.48. The minimum Gasteiger partial charge on any atom is -0.304 e. The summed E-state index contributed by atoms with van der Waals surface area (Å²) in [6, 6.07) is 0. The van der Waals surface area contributed by atoms with E-state index in [1.54, 1.807) is 0 Å². The predicted octanol–water partition coefficient (Wildman–Crippen LogP) is 3.02. The first-order valence-corrected chi connectivity index (χ1v) is 8.91. The molecule has 0 aromatic carbocycles. The van der Waals surface area contributed by atoms with Crippen molar-refractivity contribution >= 4 is 0 Å². The van der Waals surface area contributed by atoms with Gasteiger partial charge >= 0.3 is 0 Å². The van der Waals surface area contributed by atoms with Crippen molar-refractivity contribution in [1.82, 2.24) is 14.7 Å². The van der Waals surface area contributed by atoms with Crippen LogP contribution in [0, 0.1) is 5.92 Å². The Kier molecular flexibility index (Phi) is 12.5. The molecule has 0 aromatic heterocycles. The molecule has 0 bridgehead atoms. The summed E-state index contributed by atoms with van der Waals surface area (Å²) in [6.45, 7) is 20.6. The molecule has 0 spiro atoms. The van der Waals surface area contributed by atoms with Gasteiger partial charge in [-0.3, -0.25) is 0 Å². The molecule has 2 fully saturated rings. The number of hydrogen-bond donors (Lipinski definition) is 0. The third-order valence-electron chi connectivity index (χ3n) is 4.27. The van der Waals surface area contributed by atoms with E-state index in [4.69, 9.17) is 0 Å². The number of hydrogen-bond acceptors (Lipinski definition) is 3. The van der Waals surface area contributed by atoms with Crippen molar-refractivity contribution in [2.45, 2.75) is 47.5 Å². The van der Waals surface area contributed by atoms with Crippen LogP contribution in [0.3, 0.4) is 0 Å². The van der Waals surface area contributed by atoms with Gasteiger partial charge in [0.05, 0.1) is 0 Å². The van der Waals surface area contributed by atoms with E-state index in [2.05, 4.69) is 28.7 Å². The van der Waals surface area contributed by atoms with Crippen molar-refractivity contribution in [3.05, 3.63) is 0 Å². The summed E-state index contributed by atoms with van der Waals surface area (Å²) in [5, 5.41) is 0. The average molecular weight is 286 g/mol. The van der Waals surface area contributed by atoms with E-state index in [0.29, 0.717) is 0 Å². The van der Waals surface area contributed by atoms with Crippen molar-refractivity contribution in [3.63, 3.8) is 0 Å². The molecule has 2 heterocycles. The van der Waals surface area contributed by atoms with E-state index in [9.17, 15) is 0 Å². The van der Waals surface area contributed by atoms with Crippen molar-refractivity contribution in [2.75, 3.05) is 59.4 Å². The maximum atomic E-state index is 2.67. The number of piperazine rings is 1. The van der Waals surface area contributed by atoms with Gasteiger partial charge in [-0.05, 0) is 45.4 Å². The van der Waals surface area contributed by atoms with E-state index in [1.165, 1.54) is 65.2 Å². The minimum absolute atomic E-state index is 0.964. The summed E-state index contributed by atoms with van der Waals surface area (Å²) in [6.07, 6.45) is 2.83. The smallest absolute Gasteiger partial charge is 0.0110 e. The van der Waals surface area contributed by atoms with Crippen LogP contribution in [-0.2, 0) is 0 Å². The Bertz CT molecular complexity index is 192. The van der Waals surface area contributed by atoms with Crippen LogP contribution in [0.5, 0.6) is 0 Å². The molecule has 2 aliphatic rings. The van der Waals surface area contributed by atoms with Crippen molar-refractivity contribution in [3.8, 4) is 0 Å². The quantitative estimate of drug-likeness (QED) is 0.789. The van der Waals surface area contributed by atoms with Gasteiger partial charge in [-0.2, -0.15) is 0 Å². The Hall–Kier alpha value is -0.120. The lowest BCUT2D eigenvalue weighted by Gasteiger charge is -2.37. The number of piperidine rings is 1. The second kappa shape index (κ2) is 12.6. The highest BCUT2D eigenvalue weighted by molar-refractivity contribution is 4.77. The van der Waals surface area contributed by atoms with Gasteiger partial charge in [0.2, 0.25) is 0 Å². The lowest BCUT2D eigenvalue weighted by molar-refractivity contribution is 0.107. The Morgan fingerprint density at radius 1 is 0.750 bits per heavy atom. The first-order chi connectivity index (χ1) is 9.78. The normalized spacial score (nSPS) is 22.5. The summed E-state index contributed by atoms with van der Waals surface area (Å²) in [5.74, 6) is 0.964. The van der Waals surface area contributed by atoms with E-state index in [-0.39, 0.29) is 0 Å². The van der Waals surface area contributed by atoms with Crippen molar-refractivity contribution in [1.29, 1.82) is 0 Å². The molecule has 122 valence electrons. The fourth-order valence-electron chi connectivity index (χ4n) is 2.88. The molecule has 0 atom stereocenters. The van der Waals surface area contributed by atoms with Gasteiger partial charge in [-0.25, -0.2) is 0 Å². The Morgan fingerprint density at radius 2 is 1.25 bits per heavy atom. The molecule has 2 saturated heterocycles. The first kappa shape index (κ1) is 19.9. The summed E-state index contributed by atoms with van der Waals surface area (Å²) in [4.78, 5) is 7.70. The number of nitrogens with zero attached hydrogens (tertiary/aromatic N) is 3. The first-order valence-electron chi connectivity index (χ1n) is 8.91. The molecule has 0 saturated carbocycles. The topological polar surface area (TPSA) is 9.72 Å². The number of rotatable bonds is 3. The highest BCUT2D eigenvalue weighted by atomic mass is 15.2. The van der Waals surface area contributed by atoms with Crippen molar-refractivity contribution < 1.29 is 0 Å². The average Bonchev–Trinajstić information content (AvgIpc) is 2.54. The molecule has 0 aromatic rings. The van der Waals surface area contributed by atoms with E-state index < -0.39 is 0 Å². The zero-order chi connectivity index (χ0) is 15.4. The van der Waals surface area contributed by atoms with Gasteiger partial charge in [0, 0.05) is 32.7 Å². The van der Waals surface area contributed by atoms with Crippen LogP contribution in [0.1, 0.15) is 47.5 Å². The SMILES string of the molecule is CC.CC.CCN1CCC(CN2CCN(C)CC2)CC1. The maximum absolute atomic E-state index is 2.67. The number of likely N-dealkylation sites (N-methyl/N-ethyl adjacent to an activating group) is 1. The molecule has 2 aliphatic heterocycles. The van der Waals surface area contributed by atoms with Crippen LogP contribution >= 0.6 is 0 Å². The molecule has 3 nitrogen and oxygen atoms in total.